The van der Waals surface area contributed by atoms with Crippen LogP contribution in [0.15, 0.2) is 72.8 Å². The Morgan fingerprint density at radius 1 is 0.821 bits per heavy atom. The van der Waals surface area contributed by atoms with Gasteiger partial charge in [-0.15, -0.1) is 0 Å². The van der Waals surface area contributed by atoms with Crippen molar-refractivity contribution >= 4 is 40.9 Å². The molecule has 3 aliphatic rings. The number of benzene rings is 3. The minimum Gasteiger partial charge on any atom is -0.497 e. The van der Waals surface area contributed by atoms with Gasteiger partial charge in [-0.2, -0.15) is 0 Å². The Morgan fingerprint density at radius 3 is 2.23 bits per heavy atom. The van der Waals surface area contributed by atoms with E-state index in [1.807, 2.05) is 41.3 Å². The van der Waals surface area contributed by atoms with Crippen molar-refractivity contribution in [2.75, 3.05) is 36.4 Å². The summed E-state index contributed by atoms with van der Waals surface area (Å²) in [5.74, 6) is -1.18. The first-order valence-electron chi connectivity index (χ1n) is 12.6. The minimum absolute atomic E-state index is 0.330. The highest BCUT2D eigenvalue weighted by atomic mass is 16.5. The number of amides is 3. The van der Waals surface area contributed by atoms with Gasteiger partial charge in [0.15, 0.2) is 0 Å². The molecule has 0 spiro atoms. The van der Waals surface area contributed by atoms with Gasteiger partial charge in [0, 0.05) is 11.8 Å². The number of anilines is 3. The second-order valence-corrected chi connectivity index (χ2v) is 9.58. The third-order valence-electron chi connectivity index (χ3n) is 7.68. The molecular weight excluding hydrogens is 498 g/mol. The van der Waals surface area contributed by atoms with E-state index in [0.29, 0.717) is 28.6 Å². The number of fused-ring (bicyclic) bond motifs is 5. The van der Waals surface area contributed by atoms with Gasteiger partial charge >= 0.3 is 0 Å². The van der Waals surface area contributed by atoms with E-state index < -0.39 is 35.7 Å². The Balaban J connectivity index is 1.43. The fraction of sp³-hybridized carbons (Fsp3) is 0.233. The molecule has 3 aliphatic heterocycles. The minimum atomic E-state index is -0.943. The molecule has 2 fully saturated rings. The quantitative estimate of drug-likeness (QED) is 0.490. The van der Waals surface area contributed by atoms with Crippen LogP contribution in [0.5, 0.6) is 17.2 Å². The molecule has 1 N–H and O–H groups in total. The van der Waals surface area contributed by atoms with Crippen LogP contribution >= 0.6 is 0 Å². The summed E-state index contributed by atoms with van der Waals surface area (Å²) >= 11 is 0. The second-order valence-electron chi connectivity index (χ2n) is 9.58. The zero-order valence-electron chi connectivity index (χ0n) is 21.7. The fourth-order valence-corrected chi connectivity index (χ4v) is 5.92. The number of hydrogen-bond donors (Lipinski definition) is 1. The van der Waals surface area contributed by atoms with Crippen molar-refractivity contribution in [1.29, 1.82) is 0 Å². The molecule has 3 aromatic carbocycles. The molecule has 0 aromatic heterocycles. The van der Waals surface area contributed by atoms with Crippen LogP contribution < -0.4 is 29.3 Å². The van der Waals surface area contributed by atoms with E-state index in [2.05, 4.69) is 5.32 Å². The van der Waals surface area contributed by atoms with E-state index in [9.17, 15) is 14.4 Å². The van der Waals surface area contributed by atoms with Crippen molar-refractivity contribution in [2.24, 2.45) is 11.8 Å². The summed E-state index contributed by atoms with van der Waals surface area (Å²) in [6.07, 6.45) is 3.87. The molecule has 3 heterocycles. The molecule has 39 heavy (non-hydrogen) atoms. The number of imide groups is 1. The maximum Gasteiger partial charge on any atom is 0.248 e. The molecule has 0 aliphatic carbocycles. The molecule has 0 bridgehead atoms. The summed E-state index contributed by atoms with van der Waals surface area (Å²) in [5.41, 5.74) is 2.57. The lowest BCUT2D eigenvalue weighted by molar-refractivity contribution is -0.126. The molecule has 0 radical (unpaired) electrons. The molecular formula is C30H27N3O6. The van der Waals surface area contributed by atoms with Crippen LogP contribution in [0, 0.1) is 11.8 Å². The Morgan fingerprint density at radius 2 is 1.51 bits per heavy atom. The van der Waals surface area contributed by atoms with Gasteiger partial charge in [-0.3, -0.25) is 14.4 Å². The molecule has 4 atom stereocenters. The fourth-order valence-electron chi connectivity index (χ4n) is 5.92. The predicted molar refractivity (Wildman–Crippen MR) is 146 cm³/mol. The summed E-state index contributed by atoms with van der Waals surface area (Å²) in [6, 6.07) is 18.1. The van der Waals surface area contributed by atoms with Crippen LogP contribution in [0.1, 0.15) is 5.56 Å². The largest absolute Gasteiger partial charge is 0.497 e. The normalized spacial score (nSPS) is 22.7. The van der Waals surface area contributed by atoms with Crippen LogP contribution in [0.4, 0.5) is 17.1 Å². The van der Waals surface area contributed by atoms with Crippen molar-refractivity contribution in [3.05, 3.63) is 78.4 Å². The average molecular weight is 526 g/mol. The van der Waals surface area contributed by atoms with Gasteiger partial charge in [0.2, 0.25) is 17.7 Å². The van der Waals surface area contributed by atoms with Gasteiger partial charge in [0.25, 0.3) is 0 Å². The number of para-hydroxylation sites is 1. The van der Waals surface area contributed by atoms with Gasteiger partial charge < -0.3 is 24.4 Å². The number of rotatable bonds is 6. The summed E-state index contributed by atoms with van der Waals surface area (Å²) in [6.45, 7) is 0. The maximum atomic E-state index is 14.1. The smallest absolute Gasteiger partial charge is 0.248 e. The van der Waals surface area contributed by atoms with Gasteiger partial charge in [0.05, 0.1) is 50.6 Å². The number of carbonyl (C=O) groups is 3. The van der Waals surface area contributed by atoms with Crippen molar-refractivity contribution in [1.82, 2.24) is 0 Å². The van der Waals surface area contributed by atoms with Crippen molar-refractivity contribution in [2.45, 2.75) is 12.1 Å². The summed E-state index contributed by atoms with van der Waals surface area (Å²) in [7, 11) is 4.59. The zero-order chi connectivity index (χ0) is 27.3. The lowest BCUT2D eigenvalue weighted by Gasteiger charge is -2.36. The van der Waals surface area contributed by atoms with Crippen molar-refractivity contribution < 1.29 is 28.6 Å². The maximum absolute atomic E-state index is 14.1. The number of carbonyl (C=O) groups excluding carboxylic acids is 3. The number of nitrogens with one attached hydrogen (secondary N) is 1. The molecule has 2 saturated heterocycles. The summed E-state index contributed by atoms with van der Waals surface area (Å²) in [4.78, 5) is 45.1. The molecule has 4 unspecified atom stereocenters. The van der Waals surface area contributed by atoms with Crippen molar-refractivity contribution in [3.63, 3.8) is 0 Å². The first-order chi connectivity index (χ1) is 19.0. The Kier molecular flexibility index (Phi) is 5.98. The van der Waals surface area contributed by atoms with Crippen LogP contribution in [-0.2, 0) is 14.4 Å². The number of ether oxygens (including phenoxy) is 3. The van der Waals surface area contributed by atoms with E-state index in [-0.39, 0.29) is 5.91 Å². The highest BCUT2D eigenvalue weighted by Crippen LogP contribution is 2.49. The van der Waals surface area contributed by atoms with Crippen LogP contribution in [0.3, 0.4) is 0 Å². The van der Waals surface area contributed by atoms with Gasteiger partial charge in [-0.05, 0) is 48.0 Å². The molecule has 9 heteroatoms. The van der Waals surface area contributed by atoms with Crippen LogP contribution in [0.25, 0.3) is 6.08 Å². The van der Waals surface area contributed by atoms with Crippen LogP contribution in [-0.4, -0.2) is 51.1 Å². The standard InChI is InChI=1S/C30H27N3O6/c1-37-19-11-9-18(10-12-19)32-29(35)25-23-14-8-17-6-4-5-7-22(17)33(23)27(26(25)30(32)36)28(34)31-21-16-20(38-2)13-15-24(21)39-3/h4-16,23,25-27H,1-3H3,(H,31,34). The van der Waals surface area contributed by atoms with E-state index in [1.165, 1.54) is 19.1 Å². The highest BCUT2D eigenvalue weighted by Gasteiger charge is 2.64. The molecule has 9 nitrogen and oxygen atoms in total. The van der Waals surface area contributed by atoms with E-state index >= 15 is 0 Å². The van der Waals surface area contributed by atoms with Gasteiger partial charge in [-0.25, -0.2) is 4.90 Å². The summed E-state index contributed by atoms with van der Waals surface area (Å²) in [5, 5.41) is 2.95. The van der Waals surface area contributed by atoms with Gasteiger partial charge in [0.1, 0.15) is 23.3 Å². The van der Waals surface area contributed by atoms with E-state index in [1.54, 1.807) is 49.6 Å². The first kappa shape index (κ1) is 24.5. The third kappa shape index (κ3) is 3.80. The topological polar surface area (TPSA) is 97.4 Å². The number of nitrogens with zero attached hydrogens (tertiary/aromatic N) is 2. The monoisotopic (exact) mass is 525 g/mol. The zero-order valence-corrected chi connectivity index (χ0v) is 21.7. The SMILES string of the molecule is COc1ccc(N2C(=O)C3C(C2=O)C(C(=O)Nc2cc(OC)ccc2OC)N2c4ccccc4C=CC32)cc1. The average Bonchev–Trinajstić information content (AvgIpc) is 3.45. The molecule has 3 amide bonds. The second kappa shape index (κ2) is 9.50. The molecule has 0 saturated carbocycles. The lowest BCUT2D eigenvalue weighted by atomic mass is 9.88. The lowest BCUT2D eigenvalue weighted by Crippen LogP contribution is -2.50. The highest BCUT2D eigenvalue weighted by molar-refractivity contribution is 6.25. The van der Waals surface area contributed by atoms with E-state index in [0.717, 1.165) is 11.3 Å². The molecule has 3 aromatic rings. The summed E-state index contributed by atoms with van der Waals surface area (Å²) < 4.78 is 16.0. The third-order valence-corrected chi connectivity index (χ3v) is 7.68. The molecule has 198 valence electrons. The van der Waals surface area contributed by atoms with Gasteiger partial charge in [-0.1, -0.05) is 30.4 Å². The Hall–Kier alpha value is -4.79. The predicted octanol–water partition coefficient (Wildman–Crippen LogP) is 3.74. The van der Waals surface area contributed by atoms with E-state index in [4.69, 9.17) is 14.2 Å². The number of methoxy groups -OCH3 is 3. The number of hydrogen-bond acceptors (Lipinski definition) is 7. The van der Waals surface area contributed by atoms with Crippen molar-refractivity contribution in [3.8, 4) is 17.2 Å². The Labute approximate surface area is 225 Å². The Bertz CT molecular complexity index is 1500. The van der Waals surface area contributed by atoms with Crippen LogP contribution in [0.2, 0.25) is 0 Å². The first-order valence-corrected chi connectivity index (χ1v) is 12.6. The molecule has 6 rings (SSSR count).